The Morgan fingerprint density at radius 2 is 1.74 bits per heavy atom. The summed E-state index contributed by atoms with van der Waals surface area (Å²) < 4.78 is 15.7. The Bertz CT molecular complexity index is 1180. The summed E-state index contributed by atoms with van der Waals surface area (Å²) in [5, 5.41) is 18.9. The van der Waals surface area contributed by atoms with E-state index >= 15 is 0 Å². The molecule has 0 amide bonds. The fraction of sp³-hybridized carbons (Fsp3) is 0.759. The molecule has 35 heavy (non-hydrogen) atoms. The van der Waals surface area contributed by atoms with Gasteiger partial charge in [-0.2, -0.15) is 0 Å². The number of rotatable bonds is 3. The highest BCUT2D eigenvalue weighted by Crippen LogP contribution is 2.72. The number of nitrogens with zero attached hydrogens (tertiary/aromatic N) is 3. The summed E-state index contributed by atoms with van der Waals surface area (Å²) in [4.78, 5) is 13.7. The molecule has 1 aromatic heterocycles. The van der Waals surface area contributed by atoms with Crippen LogP contribution in [-0.2, 0) is 11.3 Å². The van der Waals surface area contributed by atoms with Crippen molar-refractivity contribution in [2.24, 2.45) is 39.9 Å². The van der Waals surface area contributed by atoms with E-state index in [1.807, 2.05) is 6.92 Å². The van der Waals surface area contributed by atoms with Crippen molar-refractivity contribution in [1.82, 2.24) is 15.0 Å². The van der Waals surface area contributed by atoms with E-state index in [1.54, 1.807) is 16.8 Å². The number of aromatic nitrogens is 3. The predicted octanol–water partition coefficient (Wildman–Crippen LogP) is 5.94. The van der Waals surface area contributed by atoms with Crippen LogP contribution in [0.25, 0.3) is 11.0 Å². The standard InChI is InChI=1S/C29H40FN3O2/c1-26(35)14-15-27(2)18(16-26)10-12-29(4)23-9-8-19(28(23,3)13-11-24(27)29)22(34)17-33-21-7-5-6-20(30)25(21)31-32-33/h5-7,18-19,23-24,35H,8-17H2,1-4H3/t18-,19+,23+,24+,26+,27-,28+,29-/m0/s1. The maximum Gasteiger partial charge on any atom is 0.157 e. The van der Waals surface area contributed by atoms with E-state index in [-0.39, 0.29) is 34.6 Å². The Balaban J connectivity index is 1.26. The second-order valence-electron chi connectivity index (χ2n) is 13.5. The molecule has 4 aliphatic carbocycles. The Morgan fingerprint density at radius 3 is 2.54 bits per heavy atom. The third-order valence-corrected chi connectivity index (χ3v) is 11.7. The number of hydrogen-bond donors (Lipinski definition) is 1. The van der Waals surface area contributed by atoms with E-state index in [1.165, 1.54) is 25.3 Å². The summed E-state index contributed by atoms with van der Waals surface area (Å²) in [5.74, 6) is 1.67. The van der Waals surface area contributed by atoms with Crippen molar-refractivity contribution in [3.63, 3.8) is 0 Å². The molecule has 5 nitrogen and oxygen atoms in total. The van der Waals surface area contributed by atoms with Crippen LogP contribution in [0.2, 0.25) is 0 Å². The third kappa shape index (κ3) is 3.30. The smallest absolute Gasteiger partial charge is 0.157 e. The van der Waals surface area contributed by atoms with E-state index < -0.39 is 11.4 Å². The second-order valence-corrected chi connectivity index (χ2v) is 13.5. The SMILES string of the molecule is C[C@@]1(O)CC[C@@]2(C)[C@@H](CC[C@]3(C)[C@@H]2CC[C@@]2(C)[C@H]3CC[C@@H]2C(=O)Cn2nnc3c(F)cccc32)C1. The second kappa shape index (κ2) is 7.60. The zero-order valence-corrected chi connectivity index (χ0v) is 21.7. The van der Waals surface area contributed by atoms with E-state index in [0.717, 1.165) is 38.5 Å². The molecule has 190 valence electrons. The van der Waals surface area contributed by atoms with Gasteiger partial charge in [-0.3, -0.25) is 4.79 Å². The summed E-state index contributed by atoms with van der Waals surface area (Å²) in [6.45, 7) is 9.63. The number of halogens is 1. The molecule has 1 N–H and O–H groups in total. The molecule has 0 unspecified atom stereocenters. The van der Waals surface area contributed by atoms with Gasteiger partial charge in [-0.15, -0.1) is 5.10 Å². The average molecular weight is 482 g/mol. The Morgan fingerprint density at radius 1 is 1.00 bits per heavy atom. The lowest BCUT2D eigenvalue weighted by Gasteiger charge is -2.66. The maximum absolute atomic E-state index is 14.1. The number of aliphatic hydroxyl groups is 1. The zero-order chi connectivity index (χ0) is 24.8. The van der Waals surface area contributed by atoms with Crippen LogP contribution in [0.1, 0.15) is 85.5 Å². The number of carbonyl (C=O) groups excluding carboxylic acids is 1. The summed E-state index contributed by atoms with van der Waals surface area (Å²) in [6, 6.07) is 4.82. The van der Waals surface area contributed by atoms with Crippen molar-refractivity contribution in [3.8, 4) is 0 Å². The molecule has 0 spiro atoms. The van der Waals surface area contributed by atoms with Gasteiger partial charge in [-0.05, 0) is 111 Å². The molecule has 0 bridgehead atoms. The van der Waals surface area contributed by atoms with Crippen molar-refractivity contribution in [1.29, 1.82) is 0 Å². The molecule has 2 aromatic rings. The molecule has 0 aliphatic heterocycles. The molecule has 4 saturated carbocycles. The minimum absolute atomic E-state index is 0.00727. The molecule has 8 atom stereocenters. The molecule has 1 aromatic carbocycles. The molecule has 1 heterocycles. The first-order valence-electron chi connectivity index (χ1n) is 13.7. The molecule has 4 aliphatic rings. The van der Waals surface area contributed by atoms with Gasteiger partial charge < -0.3 is 5.11 Å². The van der Waals surface area contributed by atoms with Gasteiger partial charge in [0.25, 0.3) is 0 Å². The number of ketones is 1. The fourth-order valence-corrected chi connectivity index (χ4v) is 9.97. The Hall–Kier alpha value is -1.82. The lowest BCUT2D eigenvalue weighted by atomic mass is 9.39. The summed E-state index contributed by atoms with van der Waals surface area (Å²) in [5.41, 5.74) is 0.865. The predicted molar refractivity (Wildman–Crippen MR) is 133 cm³/mol. The highest BCUT2D eigenvalue weighted by molar-refractivity contribution is 5.84. The first-order chi connectivity index (χ1) is 16.5. The number of fused-ring (bicyclic) bond motifs is 6. The van der Waals surface area contributed by atoms with Gasteiger partial charge in [0.15, 0.2) is 11.6 Å². The van der Waals surface area contributed by atoms with Crippen molar-refractivity contribution in [2.45, 2.75) is 97.6 Å². The van der Waals surface area contributed by atoms with Crippen molar-refractivity contribution < 1.29 is 14.3 Å². The lowest BCUT2D eigenvalue weighted by molar-refractivity contribution is -0.186. The van der Waals surface area contributed by atoms with Crippen LogP contribution in [0.5, 0.6) is 0 Å². The summed E-state index contributed by atoms with van der Waals surface area (Å²) >= 11 is 0. The van der Waals surface area contributed by atoms with Crippen LogP contribution in [0.15, 0.2) is 18.2 Å². The van der Waals surface area contributed by atoms with Gasteiger partial charge in [0, 0.05) is 5.92 Å². The van der Waals surface area contributed by atoms with Crippen LogP contribution in [-0.4, -0.2) is 31.5 Å². The fourth-order valence-electron chi connectivity index (χ4n) is 9.97. The van der Waals surface area contributed by atoms with Crippen molar-refractivity contribution in [2.75, 3.05) is 0 Å². The zero-order valence-electron chi connectivity index (χ0n) is 21.7. The largest absolute Gasteiger partial charge is 0.390 e. The normalized spacial score (nSPS) is 45.1. The number of Topliss-reactive ketones (excluding diaryl/α,β-unsaturated/α-hetero) is 1. The molecule has 4 fully saturated rings. The van der Waals surface area contributed by atoms with E-state index in [0.29, 0.717) is 28.7 Å². The van der Waals surface area contributed by atoms with Crippen molar-refractivity contribution in [3.05, 3.63) is 24.0 Å². The van der Waals surface area contributed by atoms with Gasteiger partial charge in [-0.25, -0.2) is 9.07 Å². The molecular weight excluding hydrogens is 441 g/mol. The van der Waals surface area contributed by atoms with Crippen molar-refractivity contribution >= 4 is 16.8 Å². The van der Waals surface area contributed by atoms with Crippen LogP contribution in [0.4, 0.5) is 4.39 Å². The molecule has 6 heteroatoms. The Kier molecular flexibility index (Phi) is 5.12. The van der Waals surface area contributed by atoms with Crippen LogP contribution >= 0.6 is 0 Å². The average Bonchev–Trinajstić information content (AvgIpc) is 3.37. The van der Waals surface area contributed by atoms with Gasteiger partial charge in [0.1, 0.15) is 12.1 Å². The number of carbonyl (C=O) groups is 1. The highest BCUT2D eigenvalue weighted by Gasteiger charge is 2.66. The summed E-state index contributed by atoms with van der Waals surface area (Å²) in [7, 11) is 0. The molecular formula is C29H40FN3O2. The van der Waals surface area contributed by atoms with E-state index in [4.69, 9.17) is 0 Å². The minimum Gasteiger partial charge on any atom is -0.390 e. The van der Waals surface area contributed by atoms with E-state index in [9.17, 15) is 14.3 Å². The van der Waals surface area contributed by atoms with E-state index in [2.05, 4.69) is 31.1 Å². The quantitative estimate of drug-likeness (QED) is 0.589. The monoisotopic (exact) mass is 481 g/mol. The summed E-state index contributed by atoms with van der Waals surface area (Å²) in [6.07, 6.45) is 9.70. The van der Waals surface area contributed by atoms with Gasteiger partial charge in [0.05, 0.1) is 11.1 Å². The van der Waals surface area contributed by atoms with Gasteiger partial charge in [-0.1, -0.05) is 32.1 Å². The van der Waals surface area contributed by atoms with Gasteiger partial charge in [0.2, 0.25) is 0 Å². The third-order valence-electron chi connectivity index (χ3n) is 11.7. The lowest BCUT2D eigenvalue weighted by Crippen LogP contribution is -2.60. The number of benzene rings is 1. The molecule has 6 rings (SSSR count). The highest BCUT2D eigenvalue weighted by atomic mass is 19.1. The molecule has 0 radical (unpaired) electrons. The maximum atomic E-state index is 14.1. The minimum atomic E-state index is -0.513. The first-order valence-corrected chi connectivity index (χ1v) is 13.7. The first kappa shape index (κ1) is 23.6. The number of hydrogen-bond acceptors (Lipinski definition) is 4. The van der Waals surface area contributed by atoms with Crippen LogP contribution in [0.3, 0.4) is 0 Å². The topological polar surface area (TPSA) is 68.0 Å². The Labute approximate surface area is 207 Å². The van der Waals surface area contributed by atoms with Crippen LogP contribution in [0, 0.1) is 45.7 Å². The molecule has 0 saturated heterocycles. The van der Waals surface area contributed by atoms with Crippen LogP contribution < -0.4 is 0 Å². The van der Waals surface area contributed by atoms with Gasteiger partial charge >= 0.3 is 0 Å².